The van der Waals surface area contributed by atoms with Gasteiger partial charge in [-0.05, 0) is 19.4 Å². The third-order valence-corrected chi connectivity index (χ3v) is 3.23. The molecule has 1 aliphatic heterocycles. The zero-order valence-electron chi connectivity index (χ0n) is 11.7. The van der Waals surface area contributed by atoms with Gasteiger partial charge in [-0.3, -0.25) is 4.79 Å². The lowest BCUT2D eigenvalue weighted by Crippen LogP contribution is -2.48. The van der Waals surface area contributed by atoms with E-state index in [2.05, 4.69) is 11.2 Å². The Morgan fingerprint density at radius 1 is 1.58 bits per heavy atom. The summed E-state index contributed by atoms with van der Waals surface area (Å²) in [6.45, 7) is 3.27. The summed E-state index contributed by atoms with van der Waals surface area (Å²) in [5.41, 5.74) is 0. The molecule has 108 valence electrons. The van der Waals surface area contributed by atoms with Gasteiger partial charge < -0.3 is 19.5 Å². The summed E-state index contributed by atoms with van der Waals surface area (Å²) in [5, 5.41) is 3.31. The molecular formula is C14H23NO4. The molecule has 1 fully saturated rings. The Kier molecular flexibility index (Phi) is 7.49. The van der Waals surface area contributed by atoms with Crippen molar-refractivity contribution in [2.24, 2.45) is 5.92 Å². The molecule has 5 nitrogen and oxygen atoms in total. The largest absolute Gasteiger partial charge is 0.462 e. The molecule has 19 heavy (non-hydrogen) atoms. The fourth-order valence-corrected chi connectivity index (χ4v) is 2.39. The van der Waals surface area contributed by atoms with Crippen LogP contribution in [0.25, 0.3) is 0 Å². The Morgan fingerprint density at radius 3 is 3.00 bits per heavy atom. The Morgan fingerprint density at radius 2 is 2.37 bits per heavy atom. The number of rotatable bonds is 7. The van der Waals surface area contributed by atoms with Gasteiger partial charge in [-0.1, -0.05) is 0 Å². The summed E-state index contributed by atoms with van der Waals surface area (Å²) in [7, 11) is 1.58. The zero-order valence-corrected chi connectivity index (χ0v) is 11.7. The average Bonchev–Trinajstić information content (AvgIpc) is 2.39. The van der Waals surface area contributed by atoms with Gasteiger partial charge in [0, 0.05) is 32.9 Å². The normalized spacial score (nSPS) is 24.5. The van der Waals surface area contributed by atoms with Crippen LogP contribution in [0.5, 0.6) is 0 Å². The molecular weight excluding hydrogens is 246 g/mol. The maximum Gasteiger partial charge on any atom is 0.302 e. The lowest BCUT2D eigenvalue weighted by Gasteiger charge is -2.36. The van der Waals surface area contributed by atoms with Gasteiger partial charge in [0.15, 0.2) is 0 Å². The van der Waals surface area contributed by atoms with E-state index in [-0.39, 0.29) is 30.9 Å². The summed E-state index contributed by atoms with van der Waals surface area (Å²) < 4.78 is 16.0. The van der Waals surface area contributed by atoms with E-state index in [1.54, 1.807) is 7.11 Å². The maximum absolute atomic E-state index is 11.2. The zero-order chi connectivity index (χ0) is 14.1. The van der Waals surface area contributed by atoms with Crippen molar-refractivity contribution in [3.05, 3.63) is 0 Å². The molecule has 5 heteroatoms. The summed E-state index contributed by atoms with van der Waals surface area (Å²) in [5.74, 6) is 2.48. The first-order valence-corrected chi connectivity index (χ1v) is 6.61. The third kappa shape index (κ3) is 5.60. The van der Waals surface area contributed by atoms with Gasteiger partial charge in [-0.25, -0.2) is 0 Å². The van der Waals surface area contributed by atoms with Crippen LogP contribution < -0.4 is 5.32 Å². The first-order chi connectivity index (χ1) is 9.19. The number of ether oxygens (including phenoxy) is 3. The van der Waals surface area contributed by atoms with Crippen molar-refractivity contribution in [1.82, 2.24) is 5.32 Å². The quantitative estimate of drug-likeness (QED) is 0.423. The van der Waals surface area contributed by atoms with E-state index in [1.165, 1.54) is 6.92 Å². The van der Waals surface area contributed by atoms with Gasteiger partial charge in [0.05, 0.1) is 6.10 Å². The van der Waals surface area contributed by atoms with Gasteiger partial charge in [-0.15, -0.1) is 12.3 Å². The molecule has 0 bridgehead atoms. The first-order valence-electron chi connectivity index (χ1n) is 6.61. The SMILES string of the molecule is C#CCCC(OCOC)C1CNCCC1OC(C)=O. The van der Waals surface area contributed by atoms with E-state index < -0.39 is 0 Å². The molecule has 1 aliphatic rings. The van der Waals surface area contributed by atoms with Crippen LogP contribution >= 0.6 is 0 Å². The van der Waals surface area contributed by atoms with Crippen LogP contribution in [0.4, 0.5) is 0 Å². The van der Waals surface area contributed by atoms with Gasteiger partial charge >= 0.3 is 5.97 Å². The van der Waals surface area contributed by atoms with Gasteiger partial charge in [0.25, 0.3) is 0 Å². The second kappa shape index (κ2) is 8.92. The lowest BCUT2D eigenvalue weighted by atomic mass is 9.88. The lowest BCUT2D eigenvalue weighted by molar-refractivity contribution is -0.159. The summed E-state index contributed by atoms with van der Waals surface area (Å²) in [6, 6.07) is 0. The smallest absolute Gasteiger partial charge is 0.302 e. The molecule has 1 rings (SSSR count). The van der Waals surface area contributed by atoms with Crippen molar-refractivity contribution in [1.29, 1.82) is 0 Å². The van der Waals surface area contributed by atoms with Crippen LogP contribution in [0, 0.1) is 18.3 Å². The minimum Gasteiger partial charge on any atom is -0.462 e. The van der Waals surface area contributed by atoms with Crippen molar-refractivity contribution in [2.75, 3.05) is 27.0 Å². The number of esters is 1. The maximum atomic E-state index is 11.2. The van der Waals surface area contributed by atoms with Crippen LogP contribution in [0.2, 0.25) is 0 Å². The van der Waals surface area contributed by atoms with Gasteiger partial charge in [-0.2, -0.15) is 0 Å². The van der Waals surface area contributed by atoms with Crippen molar-refractivity contribution in [3.8, 4) is 12.3 Å². The fourth-order valence-electron chi connectivity index (χ4n) is 2.39. The van der Waals surface area contributed by atoms with Crippen LogP contribution in [0.1, 0.15) is 26.2 Å². The molecule has 0 amide bonds. The van der Waals surface area contributed by atoms with Gasteiger partial charge in [0.2, 0.25) is 0 Å². The highest BCUT2D eigenvalue weighted by molar-refractivity contribution is 5.66. The number of hydrogen-bond acceptors (Lipinski definition) is 5. The highest BCUT2D eigenvalue weighted by Crippen LogP contribution is 2.24. The fraction of sp³-hybridized carbons (Fsp3) is 0.786. The van der Waals surface area contributed by atoms with Gasteiger partial charge in [0.1, 0.15) is 12.9 Å². The van der Waals surface area contributed by atoms with Crippen molar-refractivity contribution < 1.29 is 19.0 Å². The predicted molar refractivity (Wildman–Crippen MR) is 71.3 cm³/mol. The standard InChI is InChI=1S/C14H23NO4/c1-4-5-6-13(18-10-17-3)12-9-15-8-7-14(12)19-11(2)16/h1,12-15H,5-10H2,2-3H3. The Hall–Kier alpha value is -1.09. The molecule has 0 spiro atoms. The van der Waals surface area contributed by atoms with E-state index >= 15 is 0 Å². The molecule has 1 saturated heterocycles. The minimum atomic E-state index is -0.251. The minimum absolute atomic E-state index is 0.0619. The molecule has 1 heterocycles. The van der Waals surface area contributed by atoms with E-state index in [9.17, 15) is 4.79 Å². The first kappa shape index (κ1) is 16.0. The van der Waals surface area contributed by atoms with Crippen molar-refractivity contribution >= 4 is 5.97 Å². The molecule has 0 aliphatic carbocycles. The number of nitrogens with one attached hydrogen (secondary N) is 1. The van der Waals surface area contributed by atoms with Crippen LogP contribution in [-0.4, -0.2) is 45.2 Å². The van der Waals surface area contributed by atoms with Crippen molar-refractivity contribution in [2.45, 2.75) is 38.4 Å². The molecule has 0 saturated carbocycles. The monoisotopic (exact) mass is 269 g/mol. The predicted octanol–water partition coefficient (Wildman–Crippen LogP) is 0.930. The number of terminal acetylenes is 1. The highest BCUT2D eigenvalue weighted by atomic mass is 16.7. The Bertz CT molecular complexity index is 313. The molecule has 0 aromatic carbocycles. The van der Waals surface area contributed by atoms with Crippen LogP contribution in [-0.2, 0) is 19.0 Å². The molecule has 3 unspecified atom stereocenters. The second-order valence-corrected chi connectivity index (χ2v) is 4.66. The number of carbonyl (C=O) groups is 1. The molecule has 0 aromatic rings. The van der Waals surface area contributed by atoms with E-state index in [1.807, 2.05) is 0 Å². The number of methoxy groups -OCH3 is 1. The van der Waals surface area contributed by atoms with Crippen LogP contribution in [0.3, 0.4) is 0 Å². The summed E-state index contributed by atoms with van der Waals surface area (Å²) in [6.07, 6.45) is 7.31. The van der Waals surface area contributed by atoms with E-state index in [0.717, 1.165) is 25.9 Å². The molecule has 0 radical (unpaired) electrons. The van der Waals surface area contributed by atoms with Crippen LogP contribution in [0.15, 0.2) is 0 Å². The Balaban J connectivity index is 2.65. The number of carbonyl (C=O) groups excluding carboxylic acids is 1. The number of hydrogen-bond donors (Lipinski definition) is 1. The molecule has 3 atom stereocenters. The molecule has 1 N–H and O–H groups in total. The van der Waals surface area contributed by atoms with Crippen molar-refractivity contribution in [3.63, 3.8) is 0 Å². The Labute approximate surface area is 115 Å². The van der Waals surface area contributed by atoms with E-state index in [0.29, 0.717) is 6.42 Å². The average molecular weight is 269 g/mol. The topological polar surface area (TPSA) is 56.8 Å². The number of piperidine rings is 1. The molecule has 0 aromatic heterocycles. The summed E-state index contributed by atoms with van der Waals surface area (Å²) >= 11 is 0. The highest BCUT2D eigenvalue weighted by Gasteiger charge is 2.34. The van der Waals surface area contributed by atoms with E-state index in [4.69, 9.17) is 20.6 Å². The third-order valence-electron chi connectivity index (χ3n) is 3.23. The summed E-state index contributed by atoms with van der Waals surface area (Å²) in [4.78, 5) is 11.2. The second-order valence-electron chi connectivity index (χ2n) is 4.66.